The number of rotatable bonds is 4. The van der Waals surface area contributed by atoms with Crippen molar-refractivity contribution in [1.82, 2.24) is 0 Å². The molecular formula is C15H15ClN2O3. The number of ether oxygens (including phenoxy) is 2. The molecule has 5 nitrogen and oxygen atoms in total. The Morgan fingerprint density at radius 3 is 2.43 bits per heavy atom. The van der Waals surface area contributed by atoms with Crippen molar-refractivity contribution in [2.75, 3.05) is 25.3 Å². The number of methoxy groups -OCH3 is 2. The minimum Gasteiger partial charge on any atom is -0.495 e. The van der Waals surface area contributed by atoms with Crippen LogP contribution in [0.4, 0.5) is 11.4 Å². The molecule has 0 aromatic heterocycles. The third kappa shape index (κ3) is 3.38. The lowest BCUT2D eigenvalue weighted by Gasteiger charge is -2.10. The van der Waals surface area contributed by atoms with Crippen molar-refractivity contribution in [3.05, 3.63) is 47.0 Å². The van der Waals surface area contributed by atoms with Crippen LogP contribution >= 0.6 is 11.6 Å². The van der Waals surface area contributed by atoms with E-state index in [-0.39, 0.29) is 5.91 Å². The first-order chi connectivity index (χ1) is 10.0. The number of benzene rings is 2. The van der Waals surface area contributed by atoms with Gasteiger partial charge in [-0.25, -0.2) is 0 Å². The lowest BCUT2D eigenvalue weighted by atomic mass is 10.1. The van der Waals surface area contributed by atoms with Gasteiger partial charge in [-0.3, -0.25) is 4.79 Å². The minimum atomic E-state index is -0.284. The summed E-state index contributed by atoms with van der Waals surface area (Å²) in [6.07, 6.45) is 0. The Hall–Kier alpha value is -2.40. The summed E-state index contributed by atoms with van der Waals surface area (Å²) in [7, 11) is 3.03. The van der Waals surface area contributed by atoms with Crippen LogP contribution in [0.3, 0.4) is 0 Å². The summed E-state index contributed by atoms with van der Waals surface area (Å²) in [5, 5.41) is 3.23. The highest BCUT2D eigenvalue weighted by Crippen LogP contribution is 2.28. The summed E-state index contributed by atoms with van der Waals surface area (Å²) >= 11 is 5.94. The standard InChI is InChI=1S/C15H15ClN2O3/c1-20-13-6-3-9(7-12(13)17)15(19)18-10-4-5-11(16)14(8-10)21-2/h3-8H,17H2,1-2H3,(H,18,19). The van der Waals surface area contributed by atoms with E-state index >= 15 is 0 Å². The van der Waals surface area contributed by atoms with Crippen LogP contribution in [0, 0.1) is 0 Å². The first-order valence-electron chi connectivity index (χ1n) is 6.13. The van der Waals surface area contributed by atoms with Crippen molar-refractivity contribution in [3.63, 3.8) is 0 Å². The summed E-state index contributed by atoms with van der Waals surface area (Å²) in [4.78, 5) is 12.2. The van der Waals surface area contributed by atoms with Crippen LogP contribution in [0.5, 0.6) is 11.5 Å². The average Bonchev–Trinajstić information content (AvgIpc) is 2.49. The lowest BCUT2D eigenvalue weighted by Crippen LogP contribution is -2.12. The summed E-state index contributed by atoms with van der Waals surface area (Å²) < 4.78 is 10.2. The van der Waals surface area contributed by atoms with E-state index in [4.69, 9.17) is 26.8 Å². The molecule has 0 saturated heterocycles. The fourth-order valence-electron chi connectivity index (χ4n) is 1.82. The summed E-state index contributed by atoms with van der Waals surface area (Å²) in [6.45, 7) is 0. The number of nitrogen functional groups attached to an aromatic ring is 1. The Kier molecular flexibility index (Phi) is 4.55. The number of amides is 1. The molecule has 0 spiro atoms. The Labute approximate surface area is 127 Å². The molecule has 1 amide bonds. The van der Waals surface area contributed by atoms with Crippen LogP contribution in [0.15, 0.2) is 36.4 Å². The molecule has 2 rings (SSSR count). The molecule has 21 heavy (non-hydrogen) atoms. The Morgan fingerprint density at radius 1 is 1.10 bits per heavy atom. The average molecular weight is 307 g/mol. The number of nitrogens with one attached hydrogen (secondary N) is 1. The molecule has 0 bridgehead atoms. The van der Waals surface area contributed by atoms with Crippen LogP contribution in [-0.4, -0.2) is 20.1 Å². The molecule has 0 atom stereocenters. The van der Waals surface area contributed by atoms with E-state index in [0.29, 0.717) is 33.5 Å². The van der Waals surface area contributed by atoms with Crippen LogP contribution in [-0.2, 0) is 0 Å². The van der Waals surface area contributed by atoms with Gasteiger partial charge in [0.25, 0.3) is 5.91 Å². The number of hydrogen-bond acceptors (Lipinski definition) is 4. The SMILES string of the molecule is COc1ccc(C(=O)Nc2ccc(Cl)c(OC)c2)cc1N. The van der Waals surface area contributed by atoms with Gasteiger partial charge < -0.3 is 20.5 Å². The van der Waals surface area contributed by atoms with Gasteiger partial charge in [0.2, 0.25) is 0 Å². The predicted molar refractivity (Wildman–Crippen MR) is 83.4 cm³/mol. The molecule has 2 aromatic carbocycles. The Bertz CT molecular complexity index is 674. The van der Waals surface area contributed by atoms with Crippen LogP contribution in [0.25, 0.3) is 0 Å². The third-order valence-electron chi connectivity index (χ3n) is 2.90. The quantitative estimate of drug-likeness (QED) is 0.851. The predicted octanol–water partition coefficient (Wildman–Crippen LogP) is 3.19. The fraction of sp³-hybridized carbons (Fsp3) is 0.133. The summed E-state index contributed by atoms with van der Waals surface area (Å²) in [6, 6.07) is 9.83. The largest absolute Gasteiger partial charge is 0.495 e. The van der Waals surface area contributed by atoms with E-state index in [1.54, 1.807) is 36.4 Å². The minimum absolute atomic E-state index is 0.284. The number of nitrogens with two attached hydrogens (primary N) is 1. The first kappa shape index (κ1) is 15.0. The summed E-state index contributed by atoms with van der Waals surface area (Å²) in [5.74, 6) is 0.733. The van der Waals surface area contributed by atoms with E-state index in [9.17, 15) is 4.79 Å². The van der Waals surface area contributed by atoms with Gasteiger partial charge >= 0.3 is 0 Å². The first-order valence-corrected chi connectivity index (χ1v) is 6.51. The van der Waals surface area contributed by atoms with Gasteiger partial charge in [0.1, 0.15) is 11.5 Å². The van der Waals surface area contributed by atoms with Gasteiger partial charge in [-0.15, -0.1) is 0 Å². The molecule has 0 unspecified atom stereocenters. The molecule has 0 saturated carbocycles. The maximum Gasteiger partial charge on any atom is 0.255 e. The third-order valence-corrected chi connectivity index (χ3v) is 3.21. The van der Waals surface area contributed by atoms with Gasteiger partial charge in [0.05, 0.1) is 24.9 Å². The normalized spacial score (nSPS) is 10.0. The second-order valence-electron chi connectivity index (χ2n) is 4.26. The molecule has 0 aliphatic heterocycles. The van der Waals surface area contributed by atoms with E-state index in [2.05, 4.69) is 5.32 Å². The van der Waals surface area contributed by atoms with Crippen molar-refractivity contribution in [1.29, 1.82) is 0 Å². The van der Waals surface area contributed by atoms with Crippen LogP contribution in [0.2, 0.25) is 5.02 Å². The van der Waals surface area contributed by atoms with Gasteiger partial charge in [0, 0.05) is 17.3 Å². The summed E-state index contributed by atoms with van der Waals surface area (Å²) in [5.41, 5.74) is 7.20. The molecular weight excluding hydrogens is 292 g/mol. The maximum atomic E-state index is 12.2. The van der Waals surface area contributed by atoms with Crippen molar-refractivity contribution in [2.45, 2.75) is 0 Å². The van der Waals surface area contributed by atoms with E-state index in [0.717, 1.165) is 0 Å². The van der Waals surface area contributed by atoms with Crippen molar-refractivity contribution < 1.29 is 14.3 Å². The van der Waals surface area contributed by atoms with Gasteiger partial charge in [-0.1, -0.05) is 11.6 Å². The van der Waals surface area contributed by atoms with E-state index in [1.165, 1.54) is 14.2 Å². The van der Waals surface area contributed by atoms with E-state index < -0.39 is 0 Å². The number of carbonyl (C=O) groups is 1. The molecule has 0 radical (unpaired) electrons. The molecule has 0 aliphatic carbocycles. The monoisotopic (exact) mass is 306 g/mol. The number of anilines is 2. The smallest absolute Gasteiger partial charge is 0.255 e. The molecule has 3 N–H and O–H groups in total. The topological polar surface area (TPSA) is 73.6 Å². The Balaban J connectivity index is 2.19. The van der Waals surface area contributed by atoms with Gasteiger partial charge in [-0.05, 0) is 30.3 Å². The molecule has 6 heteroatoms. The van der Waals surface area contributed by atoms with Crippen LogP contribution in [0.1, 0.15) is 10.4 Å². The highest BCUT2D eigenvalue weighted by Gasteiger charge is 2.10. The lowest BCUT2D eigenvalue weighted by molar-refractivity contribution is 0.102. The number of hydrogen-bond donors (Lipinski definition) is 2. The fourth-order valence-corrected chi connectivity index (χ4v) is 2.01. The van der Waals surface area contributed by atoms with Crippen LogP contribution < -0.4 is 20.5 Å². The molecule has 0 aliphatic rings. The number of carbonyl (C=O) groups excluding carboxylic acids is 1. The molecule has 2 aromatic rings. The molecule has 0 fully saturated rings. The highest BCUT2D eigenvalue weighted by atomic mass is 35.5. The van der Waals surface area contributed by atoms with Crippen molar-refractivity contribution in [3.8, 4) is 11.5 Å². The zero-order valence-electron chi connectivity index (χ0n) is 11.6. The number of halogens is 1. The second-order valence-corrected chi connectivity index (χ2v) is 4.67. The second kappa shape index (κ2) is 6.37. The highest BCUT2D eigenvalue weighted by molar-refractivity contribution is 6.32. The maximum absolute atomic E-state index is 12.2. The molecule has 0 heterocycles. The zero-order chi connectivity index (χ0) is 15.4. The van der Waals surface area contributed by atoms with Crippen molar-refractivity contribution >= 4 is 28.9 Å². The van der Waals surface area contributed by atoms with Gasteiger partial charge in [-0.2, -0.15) is 0 Å². The Morgan fingerprint density at radius 2 is 1.81 bits per heavy atom. The zero-order valence-corrected chi connectivity index (χ0v) is 12.4. The van der Waals surface area contributed by atoms with Gasteiger partial charge in [0.15, 0.2) is 0 Å². The molecule has 110 valence electrons. The van der Waals surface area contributed by atoms with E-state index in [1.807, 2.05) is 0 Å². The van der Waals surface area contributed by atoms with Crippen molar-refractivity contribution in [2.24, 2.45) is 0 Å².